The Morgan fingerprint density at radius 1 is 1.14 bits per heavy atom. The van der Waals surface area contributed by atoms with Crippen molar-refractivity contribution < 1.29 is 5.11 Å². The summed E-state index contributed by atoms with van der Waals surface area (Å²) in [6, 6.07) is 9.35. The zero-order chi connectivity index (χ0) is 9.80. The molecule has 0 saturated carbocycles. The van der Waals surface area contributed by atoms with Crippen molar-refractivity contribution >= 4 is 0 Å². The van der Waals surface area contributed by atoms with Gasteiger partial charge in [0.2, 0.25) is 0 Å². The number of rotatable bonds is 3. The van der Waals surface area contributed by atoms with Gasteiger partial charge in [0.1, 0.15) is 5.75 Å². The molecule has 2 aromatic rings. The maximum atomic E-state index is 9.51. The number of phenols is 1. The standard InChI is InChI=1S/C11H12N2O/c14-11-4-2-1-3-9(11)5-6-10-7-8-12-13-10/h1-4,7-8,14H,5-6H2,(H,12,13). The first-order valence-corrected chi connectivity index (χ1v) is 4.61. The summed E-state index contributed by atoms with van der Waals surface area (Å²) in [5.74, 6) is 0.368. The lowest BCUT2D eigenvalue weighted by Crippen LogP contribution is -1.91. The minimum absolute atomic E-state index is 0.368. The molecule has 0 bridgehead atoms. The number of H-pyrrole nitrogens is 1. The lowest BCUT2D eigenvalue weighted by atomic mass is 10.1. The molecule has 1 aromatic heterocycles. The van der Waals surface area contributed by atoms with Gasteiger partial charge in [0.15, 0.2) is 0 Å². The predicted molar refractivity (Wildman–Crippen MR) is 54.1 cm³/mol. The summed E-state index contributed by atoms with van der Waals surface area (Å²) in [5.41, 5.74) is 2.07. The van der Waals surface area contributed by atoms with Gasteiger partial charge in [-0.2, -0.15) is 5.10 Å². The third-order valence-electron chi connectivity index (χ3n) is 2.21. The summed E-state index contributed by atoms with van der Waals surface area (Å²) in [6.07, 6.45) is 3.44. The molecule has 0 aliphatic rings. The van der Waals surface area contributed by atoms with Gasteiger partial charge in [0, 0.05) is 11.9 Å². The second-order valence-corrected chi connectivity index (χ2v) is 3.21. The molecule has 1 aromatic carbocycles. The Morgan fingerprint density at radius 2 is 2.00 bits per heavy atom. The largest absolute Gasteiger partial charge is 0.508 e. The second kappa shape index (κ2) is 3.96. The third-order valence-corrected chi connectivity index (χ3v) is 2.21. The Kier molecular flexibility index (Phi) is 2.49. The van der Waals surface area contributed by atoms with Gasteiger partial charge in [-0.1, -0.05) is 18.2 Å². The van der Waals surface area contributed by atoms with Gasteiger partial charge in [-0.3, -0.25) is 5.10 Å². The van der Waals surface area contributed by atoms with E-state index in [1.165, 1.54) is 0 Å². The van der Waals surface area contributed by atoms with E-state index in [2.05, 4.69) is 10.2 Å². The Morgan fingerprint density at radius 3 is 2.71 bits per heavy atom. The normalized spacial score (nSPS) is 10.3. The van der Waals surface area contributed by atoms with Crippen LogP contribution in [0.2, 0.25) is 0 Å². The van der Waals surface area contributed by atoms with Crippen molar-refractivity contribution in [1.82, 2.24) is 10.2 Å². The molecule has 0 spiro atoms. The molecule has 1 heterocycles. The molecule has 0 unspecified atom stereocenters. The van der Waals surface area contributed by atoms with Crippen molar-refractivity contribution in [3.63, 3.8) is 0 Å². The van der Waals surface area contributed by atoms with Crippen molar-refractivity contribution in [2.24, 2.45) is 0 Å². The van der Waals surface area contributed by atoms with Crippen LogP contribution in [-0.4, -0.2) is 15.3 Å². The molecule has 0 saturated heterocycles. The van der Waals surface area contributed by atoms with E-state index in [4.69, 9.17) is 0 Å². The number of hydrogen-bond acceptors (Lipinski definition) is 2. The lowest BCUT2D eigenvalue weighted by Gasteiger charge is -2.02. The van der Waals surface area contributed by atoms with Crippen molar-refractivity contribution in [2.75, 3.05) is 0 Å². The highest BCUT2D eigenvalue weighted by Crippen LogP contribution is 2.17. The second-order valence-electron chi connectivity index (χ2n) is 3.21. The number of aromatic amines is 1. The summed E-state index contributed by atoms with van der Waals surface area (Å²) in [5, 5.41) is 16.3. The number of aromatic hydroxyl groups is 1. The Balaban J connectivity index is 2.02. The molecule has 2 N–H and O–H groups in total. The minimum atomic E-state index is 0.368. The highest BCUT2D eigenvalue weighted by Gasteiger charge is 2.00. The molecule has 3 nitrogen and oxygen atoms in total. The SMILES string of the molecule is Oc1ccccc1CCc1ccn[nH]1. The van der Waals surface area contributed by atoms with E-state index >= 15 is 0 Å². The number of nitrogens with one attached hydrogen (secondary N) is 1. The highest BCUT2D eigenvalue weighted by molar-refractivity contribution is 5.32. The monoisotopic (exact) mass is 188 g/mol. The summed E-state index contributed by atoms with van der Waals surface area (Å²) in [7, 11) is 0. The van der Waals surface area contributed by atoms with Crippen LogP contribution in [0.5, 0.6) is 5.75 Å². The number of phenolic OH excluding ortho intramolecular Hbond substituents is 1. The number of benzene rings is 1. The summed E-state index contributed by atoms with van der Waals surface area (Å²) in [4.78, 5) is 0. The smallest absolute Gasteiger partial charge is 0.118 e. The van der Waals surface area contributed by atoms with Crippen LogP contribution in [0.15, 0.2) is 36.5 Å². The van der Waals surface area contributed by atoms with Gasteiger partial charge in [-0.25, -0.2) is 0 Å². The highest BCUT2D eigenvalue weighted by atomic mass is 16.3. The van der Waals surface area contributed by atoms with Gasteiger partial charge in [-0.05, 0) is 30.5 Å². The van der Waals surface area contributed by atoms with E-state index in [0.29, 0.717) is 5.75 Å². The maximum Gasteiger partial charge on any atom is 0.118 e. The maximum absolute atomic E-state index is 9.51. The molecule has 72 valence electrons. The average Bonchev–Trinajstić information content (AvgIpc) is 2.69. The van der Waals surface area contributed by atoms with E-state index in [9.17, 15) is 5.11 Å². The van der Waals surface area contributed by atoms with Crippen LogP contribution in [0.25, 0.3) is 0 Å². The fraction of sp³-hybridized carbons (Fsp3) is 0.182. The van der Waals surface area contributed by atoms with Crippen LogP contribution in [0, 0.1) is 0 Å². The zero-order valence-electron chi connectivity index (χ0n) is 7.77. The topological polar surface area (TPSA) is 48.9 Å². The first-order valence-electron chi connectivity index (χ1n) is 4.61. The van der Waals surface area contributed by atoms with Gasteiger partial charge in [-0.15, -0.1) is 0 Å². The minimum Gasteiger partial charge on any atom is -0.508 e. The molecule has 0 aliphatic heterocycles. The molecule has 14 heavy (non-hydrogen) atoms. The van der Waals surface area contributed by atoms with Crippen molar-refractivity contribution in [3.05, 3.63) is 47.8 Å². The Hall–Kier alpha value is -1.77. The summed E-state index contributed by atoms with van der Waals surface area (Å²) in [6.45, 7) is 0. The van der Waals surface area contributed by atoms with E-state index in [1.807, 2.05) is 24.3 Å². The molecule has 3 heteroatoms. The number of hydrogen-bond donors (Lipinski definition) is 2. The van der Waals surface area contributed by atoms with E-state index in [1.54, 1.807) is 12.3 Å². The molecule has 0 atom stereocenters. The van der Waals surface area contributed by atoms with Crippen LogP contribution in [0.4, 0.5) is 0 Å². The molecule has 0 aliphatic carbocycles. The molecule has 2 rings (SSSR count). The van der Waals surface area contributed by atoms with Gasteiger partial charge >= 0.3 is 0 Å². The van der Waals surface area contributed by atoms with Crippen molar-refractivity contribution in [1.29, 1.82) is 0 Å². The van der Waals surface area contributed by atoms with Crippen LogP contribution < -0.4 is 0 Å². The zero-order valence-corrected chi connectivity index (χ0v) is 7.77. The molecular formula is C11H12N2O. The first kappa shape index (κ1) is 8.81. The van der Waals surface area contributed by atoms with Crippen molar-refractivity contribution in [2.45, 2.75) is 12.8 Å². The quantitative estimate of drug-likeness (QED) is 0.772. The molecule has 0 fully saturated rings. The molecular weight excluding hydrogens is 176 g/mol. The van der Waals surface area contributed by atoms with Crippen LogP contribution in [0.1, 0.15) is 11.3 Å². The Bertz CT molecular complexity index is 395. The Labute approximate surface area is 82.4 Å². The average molecular weight is 188 g/mol. The van der Waals surface area contributed by atoms with Gasteiger partial charge in [0.05, 0.1) is 0 Å². The van der Waals surface area contributed by atoms with Crippen LogP contribution in [-0.2, 0) is 12.8 Å². The van der Waals surface area contributed by atoms with Crippen LogP contribution >= 0.6 is 0 Å². The van der Waals surface area contributed by atoms with E-state index in [-0.39, 0.29) is 0 Å². The number of nitrogens with zero attached hydrogens (tertiary/aromatic N) is 1. The predicted octanol–water partition coefficient (Wildman–Crippen LogP) is 1.90. The number of aromatic nitrogens is 2. The molecule has 0 radical (unpaired) electrons. The lowest BCUT2D eigenvalue weighted by molar-refractivity contribution is 0.468. The fourth-order valence-electron chi connectivity index (χ4n) is 1.42. The van der Waals surface area contributed by atoms with E-state index in [0.717, 1.165) is 24.1 Å². The van der Waals surface area contributed by atoms with Crippen molar-refractivity contribution in [3.8, 4) is 5.75 Å². The van der Waals surface area contributed by atoms with Gasteiger partial charge in [0.25, 0.3) is 0 Å². The molecule has 0 amide bonds. The van der Waals surface area contributed by atoms with E-state index < -0.39 is 0 Å². The van der Waals surface area contributed by atoms with Crippen LogP contribution in [0.3, 0.4) is 0 Å². The third kappa shape index (κ3) is 1.93. The summed E-state index contributed by atoms with van der Waals surface area (Å²) >= 11 is 0. The summed E-state index contributed by atoms with van der Waals surface area (Å²) < 4.78 is 0. The number of aryl methyl sites for hydroxylation is 2. The van der Waals surface area contributed by atoms with Gasteiger partial charge < -0.3 is 5.11 Å². The fourth-order valence-corrected chi connectivity index (χ4v) is 1.42. The first-order chi connectivity index (χ1) is 6.86. The number of para-hydroxylation sites is 1.